The molecule has 4 nitrogen and oxygen atoms in total. The molecule has 0 spiro atoms. The second-order valence-corrected chi connectivity index (χ2v) is 6.34. The first-order chi connectivity index (χ1) is 8.58. The van der Waals surface area contributed by atoms with E-state index in [0.717, 1.165) is 4.47 Å². The molecule has 0 aliphatic rings. The Morgan fingerprint density at radius 3 is 2.26 bits per heavy atom. The summed E-state index contributed by atoms with van der Waals surface area (Å²) >= 11 is 3.34. The van der Waals surface area contributed by atoms with Crippen molar-refractivity contribution in [1.82, 2.24) is 0 Å². The van der Waals surface area contributed by atoms with Gasteiger partial charge in [-0.15, -0.1) is 0 Å². The summed E-state index contributed by atoms with van der Waals surface area (Å²) in [6.07, 6.45) is 0. The van der Waals surface area contributed by atoms with Gasteiger partial charge in [0, 0.05) is 9.94 Å². The molecule has 0 saturated heterocycles. The lowest BCUT2D eigenvalue weighted by Crippen LogP contribution is -2.53. The van der Waals surface area contributed by atoms with E-state index in [0.29, 0.717) is 11.2 Å². The Morgan fingerprint density at radius 1 is 1.21 bits per heavy atom. The average Bonchev–Trinajstić information content (AvgIpc) is 2.26. The van der Waals surface area contributed by atoms with Crippen LogP contribution in [0.5, 0.6) is 5.75 Å². The topological polar surface area (TPSA) is 58.9 Å². The summed E-state index contributed by atoms with van der Waals surface area (Å²) in [6, 6.07) is 5.28. The van der Waals surface area contributed by atoms with Crippen molar-refractivity contribution in [2.24, 2.45) is 0 Å². The summed E-state index contributed by atoms with van der Waals surface area (Å²) in [5, 5.41) is 20.3. The van der Waals surface area contributed by atoms with Gasteiger partial charge in [0.15, 0.2) is 0 Å². The third-order valence-corrected chi connectivity index (χ3v) is 3.83. The zero-order valence-electron chi connectivity index (χ0n) is 11.9. The zero-order chi connectivity index (χ0) is 14.8. The molecule has 0 bridgehead atoms. The van der Waals surface area contributed by atoms with Gasteiger partial charge in [0.25, 0.3) is 0 Å². The molecule has 0 aliphatic heterocycles. The van der Waals surface area contributed by atoms with Gasteiger partial charge in [-0.2, -0.15) is 0 Å². The van der Waals surface area contributed by atoms with Crippen molar-refractivity contribution >= 4 is 28.5 Å². The average molecular weight is 331 g/mol. The molecule has 0 fully saturated rings. The van der Waals surface area contributed by atoms with E-state index in [2.05, 4.69) is 15.9 Å². The van der Waals surface area contributed by atoms with Crippen molar-refractivity contribution in [3.63, 3.8) is 0 Å². The highest BCUT2D eigenvalue weighted by atomic mass is 79.9. The van der Waals surface area contributed by atoms with Crippen LogP contribution >= 0.6 is 15.9 Å². The maximum Gasteiger partial charge on any atom is 0.495 e. The molecule has 0 aromatic heterocycles. The van der Waals surface area contributed by atoms with Crippen molar-refractivity contribution in [2.75, 3.05) is 7.11 Å². The summed E-state index contributed by atoms with van der Waals surface area (Å²) in [4.78, 5) is 0. The SMILES string of the molecule is COc1ccc(Br)cc1B(O)OC(C)(C)C(C)(C)O. The minimum absolute atomic E-state index is 0.509. The summed E-state index contributed by atoms with van der Waals surface area (Å²) in [7, 11) is 0.342. The summed E-state index contributed by atoms with van der Waals surface area (Å²) in [6.45, 7) is 6.72. The number of rotatable bonds is 5. The molecule has 0 amide bonds. The first kappa shape index (κ1) is 16.5. The van der Waals surface area contributed by atoms with E-state index in [1.807, 2.05) is 6.07 Å². The van der Waals surface area contributed by atoms with Crippen LogP contribution in [0.15, 0.2) is 22.7 Å². The largest absolute Gasteiger partial charge is 0.497 e. The Kier molecular flexibility index (Phi) is 5.06. The molecule has 2 N–H and O–H groups in total. The second-order valence-electron chi connectivity index (χ2n) is 5.43. The lowest BCUT2D eigenvalue weighted by Gasteiger charge is -2.38. The number of methoxy groups -OCH3 is 1. The molecule has 0 unspecified atom stereocenters. The maximum atomic E-state index is 10.2. The first-order valence-corrected chi connectivity index (χ1v) is 6.79. The van der Waals surface area contributed by atoms with Crippen LogP contribution in [0.1, 0.15) is 27.7 Å². The minimum Gasteiger partial charge on any atom is -0.497 e. The van der Waals surface area contributed by atoms with Crippen molar-refractivity contribution < 1.29 is 19.5 Å². The summed E-state index contributed by atoms with van der Waals surface area (Å²) in [5.74, 6) is 0.530. The molecular weight excluding hydrogens is 311 g/mol. The fourth-order valence-corrected chi connectivity index (χ4v) is 1.76. The molecule has 0 radical (unpaired) electrons. The molecule has 0 aliphatic carbocycles. The monoisotopic (exact) mass is 330 g/mol. The first-order valence-electron chi connectivity index (χ1n) is 6.00. The van der Waals surface area contributed by atoms with E-state index >= 15 is 0 Å². The number of aliphatic hydroxyl groups is 1. The van der Waals surface area contributed by atoms with Crippen molar-refractivity contribution in [3.05, 3.63) is 22.7 Å². The zero-order valence-corrected chi connectivity index (χ0v) is 13.5. The van der Waals surface area contributed by atoms with E-state index in [-0.39, 0.29) is 0 Å². The van der Waals surface area contributed by atoms with Crippen molar-refractivity contribution in [2.45, 2.75) is 38.9 Å². The number of hydrogen-bond acceptors (Lipinski definition) is 4. The van der Waals surface area contributed by atoms with Crippen molar-refractivity contribution in [1.29, 1.82) is 0 Å². The van der Waals surface area contributed by atoms with Crippen LogP contribution in [-0.4, -0.2) is 35.6 Å². The highest BCUT2D eigenvalue weighted by Gasteiger charge is 2.40. The summed E-state index contributed by atoms with van der Waals surface area (Å²) in [5.41, 5.74) is -1.50. The van der Waals surface area contributed by atoms with E-state index in [4.69, 9.17) is 9.39 Å². The van der Waals surface area contributed by atoms with Crippen molar-refractivity contribution in [3.8, 4) is 5.75 Å². The highest BCUT2D eigenvalue weighted by molar-refractivity contribution is 9.10. The quantitative estimate of drug-likeness (QED) is 0.807. The Labute approximate surface area is 123 Å². The van der Waals surface area contributed by atoms with E-state index in [9.17, 15) is 10.1 Å². The highest BCUT2D eigenvalue weighted by Crippen LogP contribution is 2.26. The lowest BCUT2D eigenvalue weighted by atomic mass is 9.76. The Hall–Kier alpha value is -0.555. The Bertz CT molecular complexity index is 443. The van der Waals surface area contributed by atoms with Crippen LogP contribution in [0, 0.1) is 0 Å². The fourth-order valence-electron chi connectivity index (χ4n) is 1.38. The Balaban J connectivity index is 3.01. The second kappa shape index (κ2) is 5.83. The van der Waals surface area contributed by atoms with Crippen LogP contribution in [-0.2, 0) is 4.65 Å². The fraction of sp³-hybridized carbons (Fsp3) is 0.538. The van der Waals surface area contributed by atoms with Gasteiger partial charge in [-0.1, -0.05) is 15.9 Å². The lowest BCUT2D eigenvalue weighted by molar-refractivity contribution is -0.0983. The molecule has 19 heavy (non-hydrogen) atoms. The molecule has 6 heteroatoms. The van der Waals surface area contributed by atoms with E-state index in [1.54, 1.807) is 39.8 Å². The van der Waals surface area contributed by atoms with Crippen LogP contribution < -0.4 is 10.2 Å². The molecule has 0 atom stereocenters. The predicted octanol–water partition coefficient (Wildman–Crippen LogP) is 1.71. The number of halogens is 1. The molecule has 1 rings (SSSR count). The van der Waals surface area contributed by atoms with Gasteiger partial charge in [-0.25, -0.2) is 0 Å². The third kappa shape index (κ3) is 3.95. The van der Waals surface area contributed by atoms with Gasteiger partial charge in [0.1, 0.15) is 5.75 Å². The number of ether oxygens (including phenoxy) is 1. The van der Waals surface area contributed by atoms with Gasteiger partial charge >= 0.3 is 7.12 Å². The van der Waals surface area contributed by atoms with Gasteiger partial charge in [0.2, 0.25) is 0 Å². The standard InChI is InChI=1S/C13H20BBrO4/c1-12(2,16)13(3,4)19-14(17)10-8-9(15)6-7-11(10)18-5/h6-8,16-17H,1-5H3. The molecule has 0 heterocycles. The molecule has 106 valence electrons. The van der Waals surface area contributed by atoms with Gasteiger partial charge in [-0.05, 0) is 45.9 Å². The van der Waals surface area contributed by atoms with Crippen LogP contribution in [0.4, 0.5) is 0 Å². The number of hydrogen-bond donors (Lipinski definition) is 2. The third-order valence-electron chi connectivity index (χ3n) is 3.34. The van der Waals surface area contributed by atoms with Gasteiger partial charge < -0.3 is 19.5 Å². The molecular formula is C13H20BBrO4. The normalized spacial score (nSPS) is 12.4. The number of benzene rings is 1. The van der Waals surface area contributed by atoms with Crippen LogP contribution in [0.25, 0.3) is 0 Å². The molecule has 1 aromatic carbocycles. The minimum atomic E-state index is -1.19. The predicted molar refractivity (Wildman–Crippen MR) is 79.8 cm³/mol. The maximum absolute atomic E-state index is 10.2. The smallest absolute Gasteiger partial charge is 0.495 e. The van der Waals surface area contributed by atoms with E-state index < -0.39 is 18.3 Å². The van der Waals surface area contributed by atoms with Gasteiger partial charge in [0.05, 0.1) is 18.3 Å². The van der Waals surface area contributed by atoms with E-state index in [1.165, 1.54) is 7.11 Å². The molecule has 0 saturated carbocycles. The molecule has 1 aromatic rings. The summed E-state index contributed by atoms with van der Waals surface area (Å²) < 4.78 is 11.6. The van der Waals surface area contributed by atoms with Crippen LogP contribution in [0.2, 0.25) is 0 Å². The van der Waals surface area contributed by atoms with Gasteiger partial charge in [-0.3, -0.25) is 0 Å². The Morgan fingerprint density at radius 2 is 1.79 bits per heavy atom. The van der Waals surface area contributed by atoms with Crippen LogP contribution in [0.3, 0.4) is 0 Å².